The van der Waals surface area contributed by atoms with E-state index in [2.05, 4.69) is 10.1 Å². The predicted octanol–water partition coefficient (Wildman–Crippen LogP) is 3.07. The van der Waals surface area contributed by atoms with Crippen LogP contribution in [0, 0.1) is 11.8 Å². The van der Waals surface area contributed by atoms with Gasteiger partial charge < -0.3 is 14.7 Å². The summed E-state index contributed by atoms with van der Waals surface area (Å²) in [6.07, 6.45) is -2.27. The highest BCUT2D eigenvalue weighted by atomic mass is 19.4. The molecule has 1 N–H and O–H groups in total. The van der Waals surface area contributed by atoms with Gasteiger partial charge in [0.05, 0.1) is 5.41 Å². The molecule has 1 saturated carbocycles. The molecule has 170 valence electrons. The Morgan fingerprint density at radius 3 is 2.69 bits per heavy atom. The summed E-state index contributed by atoms with van der Waals surface area (Å²) in [5.74, 6) is -1.27. The average Bonchev–Trinajstić information content (AvgIpc) is 3.47. The molecule has 0 spiro atoms. The lowest BCUT2D eigenvalue weighted by Crippen LogP contribution is -2.55. The van der Waals surface area contributed by atoms with Crippen molar-refractivity contribution in [2.75, 3.05) is 13.1 Å². The zero-order valence-electron chi connectivity index (χ0n) is 17.3. The molecule has 2 amide bonds. The number of fused-ring (bicyclic) bond motifs is 1. The lowest BCUT2D eigenvalue weighted by Gasteiger charge is -2.32. The van der Waals surface area contributed by atoms with Crippen molar-refractivity contribution in [1.82, 2.24) is 20.4 Å². The topological polar surface area (TPSA) is 88.3 Å². The molecule has 10 heteroatoms. The molecular formula is C22H23F3N4O3. The molecule has 1 aliphatic carbocycles. The number of aromatic nitrogens is 2. The van der Waals surface area contributed by atoms with Crippen molar-refractivity contribution in [3.8, 4) is 11.4 Å². The molecule has 0 radical (unpaired) electrons. The zero-order valence-corrected chi connectivity index (χ0v) is 17.3. The predicted molar refractivity (Wildman–Crippen MR) is 106 cm³/mol. The summed E-state index contributed by atoms with van der Waals surface area (Å²) in [7, 11) is 0. The highest BCUT2D eigenvalue weighted by molar-refractivity contribution is 6.01. The van der Waals surface area contributed by atoms with Crippen LogP contribution in [-0.2, 0) is 15.0 Å². The van der Waals surface area contributed by atoms with Gasteiger partial charge in [-0.2, -0.15) is 18.2 Å². The van der Waals surface area contributed by atoms with E-state index in [-0.39, 0.29) is 18.8 Å². The molecular weight excluding hydrogens is 425 g/mol. The maximum absolute atomic E-state index is 13.1. The second-order valence-electron chi connectivity index (χ2n) is 8.99. The van der Waals surface area contributed by atoms with Crippen molar-refractivity contribution in [3.63, 3.8) is 0 Å². The monoisotopic (exact) mass is 448 g/mol. The Balaban J connectivity index is 1.34. The maximum atomic E-state index is 13.1. The van der Waals surface area contributed by atoms with Crippen LogP contribution in [0.2, 0.25) is 0 Å². The fraction of sp³-hybridized carbons (Fsp3) is 0.545. The highest BCUT2D eigenvalue weighted by Crippen LogP contribution is 2.50. The van der Waals surface area contributed by atoms with E-state index in [1.54, 1.807) is 4.90 Å². The Bertz CT molecular complexity index is 1020. The molecule has 2 aliphatic heterocycles. The zero-order chi connectivity index (χ0) is 22.5. The van der Waals surface area contributed by atoms with Crippen molar-refractivity contribution < 1.29 is 27.3 Å². The summed E-state index contributed by atoms with van der Waals surface area (Å²) in [6, 6.07) is 7.55. The lowest BCUT2D eigenvalue weighted by molar-refractivity contribution is -0.172. The van der Waals surface area contributed by atoms with Gasteiger partial charge in [-0.25, -0.2) is 0 Å². The van der Waals surface area contributed by atoms with Crippen molar-refractivity contribution in [2.45, 2.75) is 49.7 Å². The summed E-state index contributed by atoms with van der Waals surface area (Å²) < 4.78 is 44.4. The molecule has 1 aromatic carbocycles. The normalized spacial score (nSPS) is 30.3. The number of rotatable bonds is 3. The van der Waals surface area contributed by atoms with Crippen LogP contribution in [0.4, 0.5) is 13.2 Å². The Morgan fingerprint density at radius 1 is 1.19 bits per heavy atom. The Morgan fingerprint density at radius 2 is 1.97 bits per heavy atom. The van der Waals surface area contributed by atoms with Crippen LogP contribution in [0.25, 0.3) is 11.4 Å². The van der Waals surface area contributed by atoms with Gasteiger partial charge in [-0.1, -0.05) is 41.9 Å². The van der Waals surface area contributed by atoms with Crippen LogP contribution in [0.1, 0.15) is 38.0 Å². The van der Waals surface area contributed by atoms with Crippen molar-refractivity contribution in [2.24, 2.45) is 11.8 Å². The number of nitrogens with zero attached hydrogens (tertiary/aromatic N) is 3. The Kier molecular flexibility index (Phi) is 4.98. The summed E-state index contributed by atoms with van der Waals surface area (Å²) in [5, 5.41) is 6.10. The minimum atomic E-state index is -4.51. The molecule has 3 heterocycles. The van der Waals surface area contributed by atoms with Gasteiger partial charge >= 0.3 is 6.18 Å². The largest absolute Gasteiger partial charge is 0.408 e. The number of likely N-dealkylation sites (tertiary alicyclic amines) is 1. The van der Waals surface area contributed by atoms with Gasteiger partial charge in [-0.15, -0.1) is 0 Å². The average molecular weight is 448 g/mol. The molecule has 2 aromatic rings. The molecule has 2 unspecified atom stereocenters. The fourth-order valence-electron chi connectivity index (χ4n) is 5.45. The summed E-state index contributed by atoms with van der Waals surface area (Å²) in [6.45, 7) is 0.772. The number of hydrogen-bond donors (Lipinski definition) is 1. The number of alkyl halides is 3. The van der Waals surface area contributed by atoms with Crippen LogP contribution in [-0.4, -0.2) is 52.2 Å². The quantitative estimate of drug-likeness (QED) is 0.730. The van der Waals surface area contributed by atoms with Crippen molar-refractivity contribution in [3.05, 3.63) is 36.2 Å². The molecule has 2 saturated heterocycles. The number of benzene rings is 1. The maximum Gasteiger partial charge on any atom is 0.408 e. The standard InChI is InChI=1S/C22H23F3N4O3/c23-22(24,25)16-9-8-15(18(30)26-16)19(31)29-11-14-7-4-10-21(14,12-29)20-27-17(28-32-20)13-5-2-1-3-6-13/h1-3,5-6,14-16H,4,7-12H2,(H,26,30)/t14-,15?,16?,21-/m1/s1. The van der Waals surface area contributed by atoms with Crippen LogP contribution in [0.15, 0.2) is 34.9 Å². The molecule has 32 heavy (non-hydrogen) atoms. The number of carbonyl (C=O) groups is 2. The molecule has 1 aromatic heterocycles. The number of carbonyl (C=O) groups excluding carboxylic acids is 2. The number of amides is 2. The molecule has 7 nitrogen and oxygen atoms in total. The van der Waals surface area contributed by atoms with E-state index in [0.29, 0.717) is 24.8 Å². The molecule has 5 rings (SSSR count). The molecule has 0 bridgehead atoms. The number of halogens is 3. The summed E-state index contributed by atoms with van der Waals surface area (Å²) in [4.78, 5) is 31.7. The van der Waals surface area contributed by atoms with Gasteiger partial charge in [-0.05, 0) is 31.6 Å². The van der Waals surface area contributed by atoms with Crippen molar-refractivity contribution in [1.29, 1.82) is 0 Å². The van der Waals surface area contributed by atoms with E-state index in [1.807, 2.05) is 35.6 Å². The second kappa shape index (κ2) is 7.60. The van der Waals surface area contributed by atoms with Gasteiger partial charge in [0.15, 0.2) is 0 Å². The number of hydrogen-bond acceptors (Lipinski definition) is 5. The smallest absolute Gasteiger partial charge is 0.344 e. The van der Waals surface area contributed by atoms with Crippen LogP contribution >= 0.6 is 0 Å². The lowest BCUT2D eigenvalue weighted by atomic mass is 9.80. The van der Waals surface area contributed by atoms with E-state index in [0.717, 1.165) is 24.8 Å². The minimum absolute atomic E-state index is 0.109. The Labute approximate surface area is 182 Å². The number of piperidine rings is 1. The van der Waals surface area contributed by atoms with Crippen molar-refractivity contribution >= 4 is 11.8 Å². The van der Waals surface area contributed by atoms with Crippen LogP contribution in [0.3, 0.4) is 0 Å². The number of nitrogens with one attached hydrogen (secondary N) is 1. The first-order valence-electron chi connectivity index (χ1n) is 10.8. The van der Waals surface area contributed by atoms with E-state index in [9.17, 15) is 22.8 Å². The first kappa shape index (κ1) is 21.0. The third-order valence-corrected chi connectivity index (χ3v) is 7.14. The van der Waals surface area contributed by atoms with Gasteiger partial charge in [0.25, 0.3) is 0 Å². The van der Waals surface area contributed by atoms with E-state index < -0.39 is 35.4 Å². The van der Waals surface area contributed by atoms with E-state index >= 15 is 0 Å². The highest BCUT2D eigenvalue weighted by Gasteiger charge is 2.56. The molecule has 3 fully saturated rings. The first-order chi connectivity index (χ1) is 15.3. The van der Waals surface area contributed by atoms with E-state index in [1.165, 1.54) is 0 Å². The van der Waals surface area contributed by atoms with Gasteiger partial charge in [0.2, 0.25) is 23.5 Å². The SMILES string of the molecule is O=C1NC(C(F)(F)F)CCC1C(=O)N1C[C@H]2CCC[C@@]2(c2nc(-c3ccccc3)no2)C1. The van der Waals surface area contributed by atoms with E-state index in [4.69, 9.17) is 4.52 Å². The summed E-state index contributed by atoms with van der Waals surface area (Å²) in [5.41, 5.74) is 0.354. The third kappa shape index (κ3) is 3.45. The minimum Gasteiger partial charge on any atom is -0.344 e. The fourth-order valence-corrected chi connectivity index (χ4v) is 5.45. The Hall–Kier alpha value is -2.91. The first-order valence-corrected chi connectivity index (χ1v) is 10.8. The summed E-state index contributed by atoms with van der Waals surface area (Å²) >= 11 is 0. The second-order valence-corrected chi connectivity index (χ2v) is 8.99. The third-order valence-electron chi connectivity index (χ3n) is 7.14. The van der Waals surface area contributed by atoms with Crippen LogP contribution < -0.4 is 5.32 Å². The van der Waals surface area contributed by atoms with Gasteiger partial charge in [-0.3, -0.25) is 9.59 Å². The molecule has 3 aliphatic rings. The van der Waals surface area contributed by atoms with Crippen LogP contribution in [0.5, 0.6) is 0 Å². The van der Waals surface area contributed by atoms with Gasteiger partial charge in [0, 0.05) is 18.7 Å². The van der Waals surface area contributed by atoms with Gasteiger partial charge in [0.1, 0.15) is 12.0 Å². The molecule has 4 atom stereocenters.